The lowest BCUT2D eigenvalue weighted by Crippen LogP contribution is -2.32. The summed E-state index contributed by atoms with van der Waals surface area (Å²) in [6.07, 6.45) is 1.87. The third-order valence-corrected chi connectivity index (χ3v) is 4.47. The van der Waals surface area contributed by atoms with Crippen molar-refractivity contribution in [3.8, 4) is 11.3 Å². The topological polar surface area (TPSA) is 112 Å². The largest absolute Gasteiger partial charge is 0.376 e. The van der Waals surface area contributed by atoms with Crippen molar-refractivity contribution in [3.05, 3.63) is 64.3 Å². The molecule has 4 rings (SSSR count). The molecule has 0 aliphatic carbocycles. The van der Waals surface area contributed by atoms with Crippen molar-refractivity contribution in [2.75, 3.05) is 13.2 Å². The Hall–Kier alpha value is -3.40. The van der Waals surface area contributed by atoms with Gasteiger partial charge in [0.15, 0.2) is 5.82 Å². The van der Waals surface area contributed by atoms with Gasteiger partial charge in [-0.3, -0.25) is 9.59 Å². The minimum atomic E-state index is -0.500. The maximum absolute atomic E-state index is 13.1. The summed E-state index contributed by atoms with van der Waals surface area (Å²) in [5, 5.41) is 10.7. The van der Waals surface area contributed by atoms with Gasteiger partial charge in [-0.15, -0.1) is 0 Å². The van der Waals surface area contributed by atoms with Gasteiger partial charge in [0.05, 0.1) is 11.8 Å². The number of hydrogen-bond donors (Lipinski definition) is 1. The van der Waals surface area contributed by atoms with Gasteiger partial charge in [-0.05, 0) is 43.2 Å². The number of carbonyl (C=O) groups is 1. The number of ether oxygens (including phenoxy) is 1. The lowest BCUT2D eigenvalue weighted by molar-refractivity contribution is 0.0822. The second-order valence-corrected chi connectivity index (χ2v) is 6.58. The van der Waals surface area contributed by atoms with E-state index in [1.807, 2.05) is 0 Å². The molecule has 3 aromatic rings. The van der Waals surface area contributed by atoms with Crippen LogP contribution in [0.2, 0.25) is 0 Å². The Morgan fingerprint density at radius 2 is 2.07 bits per heavy atom. The molecule has 1 N–H and O–H groups in total. The molecule has 0 saturated carbocycles. The highest BCUT2D eigenvalue weighted by Gasteiger charge is 2.20. The lowest BCUT2D eigenvalue weighted by Gasteiger charge is -2.08. The Balaban J connectivity index is 1.45. The third kappa shape index (κ3) is 4.54. The van der Waals surface area contributed by atoms with Crippen LogP contribution in [0.1, 0.15) is 29.4 Å². The SMILES string of the molecule is O=C(NCC1CCCO1)c1nc(Cn2nc(-c3ccc(F)cc3)ccc2=O)no1. The Morgan fingerprint density at radius 1 is 1.24 bits per heavy atom. The van der Waals surface area contributed by atoms with Crippen LogP contribution < -0.4 is 10.9 Å². The van der Waals surface area contributed by atoms with Gasteiger partial charge in [-0.2, -0.15) is 10.1 Å². The number of hydrogen-bond acceptors (Lipinski definition) is 7. The van der Waals surface area contributed by atoms with Gasteiger partial charge in [0.2, 0.25) is 0 Å². The minimum Gasteiger partial charge on any atom is -0.376 e. The van der Waals surface area contributed by atoms with E-state index in [0.717, 1.165) is 17.5 Å². The number of carbonyl (C=O) groups excluding carboxylic acids is 1. The van der Waals surface area contributed by atoms with Crippen LogP contribution in [-0.4, -0.2) is 45.1 Å². The van der Waals surface area contributed by atoms with Crippen LogP contribution in [-0.2, 0) is 11.3 Å². The highest BCUT2D eigenvalue weighted by molar-refractivity contribution is 5.89. The van der Waals surface area contributed by atoms with E-state index in [0.29, 0.717) is 24.4 Å². The molecule has 1 aliphatic rings. The molecule has 1 aliphatic heterocycles. The summed E-state index contributed by atoms with van der Waals surface area (Å²) in [6.45, 7) is 0.998. The molecule has 0 radical (unpaired) electrons. The number of rotatable bonds is 6. The van der Waals surface area contributed by atoms with Crippen LogP contribution in [0.15, 0.2) is 45.7 Å². The predicted molar refractivity (Wildman–Crippen MR) is 98.6 cm³/mol. The van der Waals surface area contributed by atoms with Gasteiger partial charge >= 0.3 is 11.8 Å². The van der Waals surface area contributed by atoms with E-state index in [1.165, 1.54) is 18.2 Å². The normalized spacial score (nSPS) is 16.1. The van der Waals surface area contributed by atoms with Crippen molar-refractivity contribution in [1.82, 2.24) is 25.2 Å². The number of benzene rings is 1. The van der Waals surface area contributed by atoms with Crippen molar-refractivity contribution in [3.63, 3.8) is 0 Å². The zero-order valence-corrected chi connectivity index (χ0v) is 15.4. The van der Waals surface area contributed by atoms with E-state index in [2.05, 4.69) is 20.6 Å². The van der Waals surface area contributed by atoms with Crippen LogP contribution in [0.3, 0.4) is 0 Å². The van der Waals surface area contributed by atoms with Crippen LogP contribution in [0.25, 0.3) is 11.3 Å². The fourth-order valence-electron chi connectivity index (χ4n) is 2.97. The monoisotopic (exact) mass is 399 g/mol. The van der Waals surface area contributed by atoms with E-state index in [9.17, 15) is 14.0 Å². The number of aromatic nitrogens is 4. The summed E-state index contributed by atoms with van der Waals surface area (Å²) < 4.78 is 24.7. The first kappa shape index (κ1) is 18.9. The summed E-state index contributed by atoms with van der Waals surface area (Å²) in [4.78, 5) is 28.3. The van der Waals surface area contributed by atoms with Gasteiger partial charge in [0.25, 0.3) is 5.56 Å². The highest BCUT2D eigenvalue weighted by atomic mass is 19.1. The van der Waals surface area contributed by atoms with Crippen molar-refractivity contribution in [2.45, 2.75) is 25.5 Å². The molecule has 1 amide bonds. The van der Waals surface area contributed by atoms with Gasteiger partial charge in [0, 0.05) is 24.8 Å². The maximum atomic E-state index is 13.1. The Morgan fingerprint density at radius 3 is 2.83 bits per heavy atom. The smallest absolute Gasteiger partial charge is 0.316 e. The van der Waals surface area contributed by atoms with Gasteiger partial charge in [-0.1, -0.05) is 5.16 Å². The fraction of sp³-hybridized carbons (Fsp3) is 0.316. The Labute approximate surface area is 164 Å². The summed E-state index contributed by atoms with van der Waals surface area (Å²) in [7, 11) is 0. The molecule has 10 heteroatoms. The predicted octanol–water partition coefficient (Wildman–Crippen LogP) is 1.39. The van der Waals surface area contributed by atoms with Gasteiger partial charge < -0.3 is 14.6 Å². The van der Waals surface area contributed by atoms with Crippen molar-refractivity contribution in [2.24, 2.45) is 0 Å². The molecule has 1 atom stereocenters. The second-order valence-electron chi connectivity index (χ2n) is 6.58. The molecule has 1 unspecified atom stereocenters. The summed E-state index contributed by atoms with van der Waals surface area (Å²) in [5.74, 6) is -0.919. The van der Waals surface area contributed by atoms with E-state index < -0.39 is 5.91 Å². The average Bonchev–Trinajstić information content (AvgIpc) is 3.41. The zero-order chi connectivity index (χ0) is 20.2. The van der Waals surface area contributed by atoms with Crippen molar-refractivity contribution < 1.29 is 18.4 Å². The second kappa shape index (κ2) is 8.31. The van der Waals surface area contributed by atoms with Crippen LogP contribution in [0, 0.1) is 5.82 Å². The average molecular weight is 399 g/mol. The molecule has 29 heavy (non-hydrogen) atoms. The molecule has 1 aromatic carbocycles. The zero-order valence-electron chi connectivity index (χ0n) is 15.4. The number of nitrogens with one attached hydrogen (secondary N) is 1. The van der Waals surface area contributed by atoms with E-state index in [-0.39, 0.29) is 35.7 Å². The number of halogens is 1. The molecular weight excluding hydrogens is 381 g/mol. The third-order valence-electron chi connectivity index (χ3n) is 4.47. The fourth-order valence-corrected chi connectivity index (χ4v) is 2.97. The van der Waals surface area contributed by atoms with E-state index >= 15 is 0 Å². The summed E-state index contributed by atoms with van der Waals surface area (Å²) >= 11 is 0. The lowest BCUT2D eigenvalue weighted by atomic mass is 10.1. The first-order chi connectivity index (χ1) is 14.1. The summed E-state index contributed by atoms with van der Waals surface area (Å²) in [5.41, 5.74) is 0.773. The maximum Gasteiger partial charge on any atom is 0.316 e. The molecule has 9 nitrogen and oxygen atoms in total. The minimum absolute atomic E-state index is 0.00156. The van der Waals surface area contributed by atoms with Crippen LogP contribution in [0.5, 0.6) is 0 Å². The Kier molecular flexibility index (Phi) is 5.43. The van der Waals surface area contributed by atoms with Crippen molar-refractivity contribution in [1.29, 1.82) is 0 Å². The quantitative estimate of drug-likeness (QED) is 0.666. The first-order valence-corrected chi connectivity index (χ1v) is 9.15. The highest BCUT2D eigenvalue weighted by Crippen LogP contribution is 2.16. The summed E-state index contributed by atoms with van der Waals surface area (Å²) in [6, 6.07) is 8.65. The van der Waals surface area contributed by atoms with Crippen molar-refractivity contribution >= 4 is 5.91 Å². The number of nitrogens with zero attached hydrogens (tertiary/aromatic N) is 4. The molecular formula is C19H18FN5O4. The molecule has 1 saturated heterocycles. The molecule has 150 valence electrons. The van der Waals surface area contributed by atoms with Gasteiger partial charge in [0.1, 0.15) is 12.4 Å². The van der Waals surface area contributed by atoms with E-state index in [1.54, 1.807) is 18.2 Å². The first-order valence-electron chi connectivity index (χ1n) is 9.15. The molecule has 0 spiro atoms. The number of amides is 1. The van der Waals surface area contributed by atoms with Crippen LogP contribution >= 0.6 is 0 Å². The molecule has 0 bridgehead atoms. The van der Waals surface area contributed by atoms with Crippen LogP contribution in [0.4, 0.5) is 4.39 Å². The molecule has 1 fully saturated rings. The standard InChI is InChI=1S/C19H18FN5O4/c20-13-5-3-12(4-6-13)15-7-8-17(26)25(23-15)11-16-22-19(29-24-16)18(27)21-10-14-2-1-9-28-14/h3-8,14H,1-2,9-11H2,(H,21,27). The van der Waals surface area contributed by atoms with E-state index in [4.69, 9.17) is 9.26 Å². The molecule has 3 heterocycles. The molecule has 2 aromatic heterocycles. The Bertz CT molecular complexity index is 1060. The van der Waals surface area contributed by atoms with Gasteiger partial charge in [-0.25, -0.2) is 9.07 Å².